The van der Waals surface area contributed by atoms with E-state index in [0.29, 0.717) is 17.4 Å². The SMILES string of the molecule is CC1(C)CCCC1c1nnc2n1CCNC2C1CC1. The smallest absolute Gasteiger partial charge is 0.150 e. The van der Waals surface area contributed by atoms with Crippen LogP contribution in [-0.2, 0) is 6.54 Å². The van der Waals surface area contributed by atoms with Gasteiger partial charge in [0, 0.05) is 19.0 Å². The molecule has 3 aliphatic rings. The minimum absolute atomic E-state index is 0.393. The van der Waals surface area contributed by atoms with Gasteiger partial charge in [0.15, 0.2) is 5.82 Å². The maximum absolute atomic E-state index is 4.61. The van der Waals surface area contributed by atoms with Crippen molar-refractivity contribution >= 4 is 0 Å². The van der Waals surface area contributed by atoms with Gasteiger partial charge >= 0.3 is 0 Å². The molecule has 2 heterocycles. The molecular formula is C15H24N4. The van der Waals surface area contributed by atoms with E-state index in [9.17, 15) is 0 Å². The third-order valence-corrected chi connectivity index (χ3v) is 5.45. The molecule has 19 heavy (non-hydrogen) atoms. The molecule has 4 heteroatoms. The molecule has 2 aliphatic carbocycles. The van der Waals surface area contributed by atoms with Crippen LogP contribution in [0.3, 0.4) is 0 Å². The first-order chi connectivity index (χ1) is 9.17. The average molecular weight is 260 g/mol. The fraction of sp³-hybridized carbons (Fsp3) is 0.867. The zero-order chi connectivity index (χ0) is 13.0. The maximum atomic E-state index is 4.61. The van der Waals surface area contributed by atoms with Crippen molar-refractivity contribution in [3.63, 3.8) is 0 Å². The van der Waals surface area contributed by atoms with Crippen LogP contribution in [0.4, 0.5) is 0 Å². The maximum Gasteiger partial charge on any atom is 0.150 e. The summed E-state index contributed by atoms with van der Waals surface area (Å²) in [6.45, 7) is 6.91. The van der Waals surface area contributed by atoms with Crippen molar-refractivity contribution in [2.24, 2.45) is 11.3 Å². The summed E-state index contributed by atoms with van der Waals surface area (Å²) >= 11 is 0. The van der Waals surface area contributed by atoms with Gasteiger partial charge in [0.25, 0.3) is 0 Å². The lowest BCUT2D eigenvalue weighted by molar-refractivity contribution is 0.304. The third-order valence-electron chi connectivity index (χ3n) is 5.45. The molecule has 2 saturated carbocycles. The Balaban J connectivity index is 1.71. The highest BCUT2D eigenvalue weighted by Gasteiger charge is 2.42. The lowest BCUT2D eigenvalue weighted by atomic mass is 9.81. The minimum atomic E-state index is 0.393. The van der Waals surface area contributed by atoms with Gasteiger partial charge in [0.1, 0.15) is 5.82 Å². The Morgan fingerprint density at radius 1 is 1.16 bits per heavy atom. The Kier molecular flexibility index (Phi) is 2.53. The molecule has 1 N–H and O–H groups in total. The summed E-state index contributed by atoms with van der Waals surface area (Å²) in [5, 5.41) is 12.8. The summed E-state index contributed by atoms with van der Waals surface area (Å²) in [7, 11) is 0. The van der Waals surface area contributed by atoms with Gasteiger partial charge in [-0.15, -0.1) is 10.2 Å². The topological polar surface area (TPSA) is 42.7 Å². The molecule has 0 bridgehead atoms. The van der Waals surface area contributed by atoms with Gasteiger partial charge < -0.3 is 9.88 Å². The van der Waals surface area contributed by atoms with E-state index in [2.05, 4.69) is 33.9 Å². The summed E-state index contributed by atoms with van der Waals surface area (Å²) in [5.41, 5.74) is 0.393. The molecule has 1 aromatic heterocycles. The molecular weight excluding hydrogens is 236 g/mol. The van der Waals surface area contributed by atoms with Crippen molar-refractivity contribution in [2.45, 2.75) is 64.5 Å². The summed E-state index contributed by atoms with van der Waals surface area (Å²) in [6.07, 6.45) is 6.66. The van der Waals surface area contributed by atoms with E-state index in [-0.39, 0.29) is 0 Å². The second-order valence-corrected chi connectivity index (χ2v) is 7.27. The molecule has 4 rings (SSSR count). The molecule has 2 fully saturated rings. The standard InChI is InChI=1S/C15H24N4/c1-15(2)7-3-4-11(15)13-17-18-14-12(10-5-6-10)16-8-9-19(13)14/h10-12,16H,3-9H2,1-2H3. The molecule has 1 aliphatic heterocycles. The van der Waals surface area contributed by atoms with Crippen LogP contribution >= 0.6 is 0 Å². The molecule has 2 unspecified atom stereocenters. The van der Waals surface area contributed by atoms with Crippen LogP contribution in [0, 0.1) is 11.3 Å². The summed E-state index contributed by atoms with van der Waals surface area (Å²) in [6, 6.07) is 0.472. The van der Waals surface area contributed by atoms with Crippen molar-refractivity contribution in [1.29, 1.82) is 0 Å². The number of hydrogen-bond donors (Lipinski definition) is 1. The first kappa shape index (κ1) is 11.9. The summed E-state index contributed by atoms with van der Waals surface area (Å²) < 4.78 is 2.44. The predicted octanol–water partition coefficient (Wildman–Crippen LogP) is 2.63. The minimum Gasteiger partial charge on any atom is -0.312 e. The van der Waals surface area contributed by atoms with Crippen LogP contribution in [0.15, 0.2) is 0 Å². The number of nitrogens with one attached hydrogen (secondary N) is 1. The van der Waals surface area contributed by atoms with E-state index in [1.807, 2.05) is 0 Å². The Bertz CT molecular complexity index is 486. The lowest BCUT2D eigenvalue weighted by Gasteiger charge is -2.30. The largest absolute Gasteiger partial charge is 0.312 e. The van der Waals surface area contributed by atoms with E-state index < -0.39 is 0 Å². The van der Waals surface area contributed by atoms with Crippen LogP contribution in [0.25, 0.3) is 0 Å². The number of rotatable bonds is 2. The van der Waals surface area contributed by atoms with E-state index in [1.165, 1.54) is 43.8 Å². The highest BCUT2D eigenvalue weighted by molar-refractivity contribution is 5.14. The van der Waals surface area contributed by atoms with E-state index in [1.54, 1.807) is 0 Å². The molecule has 0 spiro atoms. The van der Waals surface area contributed by atoms with Crippen molar-refractivity contribution in [3.8, 4) is 0 Å². The van der Waals surface area contributed by atoms with Crippen molar-refractivity contribution < 1.29 is 0 Å². The monoisotopic (exact) mass is 260 g/mol. The number of hydrogen-bond acceptors (Lipinski definition) is 3. The molecule has 0 radical (unpaired) electrons. The van der Waals surface area contributed by atoms with Gasteiger partial charge in [-0.05, 0) is 37.0 Å². The van der Waals surface area contributed by atoms with Gasteiger partial charge in [-0.3, -0.25) is 0 Å². The second-order valence-electron chi connectivity index (χ2n) is 7.27. The molecule has 4 nitrogen and oxygen atoms in total. The Morgan fingerprint density at radius 3 is 2.63 bits per heavy atom. The third kappa shape index (κ3) is 1.83. The molecule has 0 amide bonds. The lowest BCUT2D eigenvalue weighted by Crippen LogP contribution is -2.36. The van der Waals surface area contributed by atoms with Gasteiger partial charge in [-0.25, -0.2) is 0 Å². The van der Waals surface area contributed by atoms with E-state index in [0.717, 1.165) is 19.0 Å². The second kappa shape index (κ2) is 4.05. The van der Waals surface area contributed by atoms with Gasteiger partial charge in [0.2, 0.25) is 0 Å². The van der Waals surface area contributed by atoms with Crippen molar-refractivity contribution in [3.05, 3.63) is 11.6 Å². The number of fused-ring (bicyclic) bond motifs is 1. The molecule has 104 valence electrons. The quantitative estimate of drug-likeness (QED) is 0.889. The van der Waals surface area contributed by atoms with E-state index >= 15 is 0 Å². The Hall–Kier alpha value is -0.900. The molecule has 1 aromatic rings. The van der Waals surface area contributed by atoms with Crippen LogP contribution in [0.5, 0.6) is 0 Å². The highest BCUT2D eigenvalue weighted by atomic mass is 15.3. The fourth-order valence-corrected chi connectivity index (χ4v) is 4.08. The zero-order valence-electron chi connectivity index (χ0n) is 12.0. The van der Waals surface area contributed by atoms with Gasteiger partial charge in [-0.1, -0.05) is 20.3 Å². The first-order valence-corrected chi connectivity index (χ1v) is 7.83. The molecule has 2 atom stereocenters. The Labute approximate surface area is 115 Å². The van der Waals surface area contributed by atoms with Crippen LogP contribution in [-0.4, -0.2) is 21.3 Å². The summed E-state index contributed by atoms with van der Waals surface area (Å²) in [5.74, 6) is 3.90. The molecule has 0 aromatic carbocycles. The van der Waals surface area contributed by atoms with Crippen LogP contribution in [0.2, 0.25) is 0 Å². The Morgan fingerprint density at radius 2 is 1.95 bits per heavy atom. The van der Waals surface area contributed by atoms with Crippen LogP contribution in [0.1, 0.15) is 69.6 Å². The zero-order valence-corrected chi connectivity index (χ0v) is 12.0. The van der Waals surface area contributed by atoms with Gasteiger partial charge in [-0.2, -0.15) is 0 Å². The molecule has 0 saturated heterocycles. The number of nitrogens with zero attached hydrogens (tertiary/aromatic N) is 3. The van der Waals surface area contributed by atoms with Gasteiger partial charge in [0.05, 0.1) is 6.04 Å². The van der Waals surface area contributed by atoms with Crippen molar-refractivity contribution in [2.75, 3.05) is 6.54 Å². The number of aromatic nitrogens is 3. The average Bonchev–Trinajstić information content (AvgIpc) is 3.05. The first-order valence-electron chi connectivity index (χ1n) is 7.83. The van der Waals surface area contributed by atoms with E-state index in [4.69, 9.17) is 0 Å². The van der Waals surface area contributed by atoms with Crippen molar-refractivity contribution in [1.82, 2.24) is 20.1 Å². The normalized spacial score (nSPS) is 33.4. The fourth-order valence-electron chi connectivity index (χ4n) is 4.08. The van der Waals surface area contributed by atoms with Crippen LogP contribution < -0.4 is 5.32 Å². The highest BCUT2D eigenvalue weighted by Crippen LogP contribution is 2.49. The summed E-state index contributed by atoms with van der Waals surface area (Å²) in [4.78, 5) is 0. The predicted molar refractivity (Wildman–Crippen MR) is 73.9 cm³/mol.